The molecule has 16 rings (SSSR count). The number of anilines is 3. The van der Waals surface area contributed by atoms with Crippen molar-refractivity contribution in [2.45, 2.75) is 9.79 Å². The average Bonchev–Trinajstić information content (AvgIpc) is 0.792. The Morgan fingerprint density at radius 1 is 0.299 bits per heavy atom. The Labute approximate surface area is 511 Å². The fourth-order valence-corrected chi connectivity index (χ4v) is 14.0. The van der Waals surface area contributed by atoms with Crippen LogP contribution in [0.25, 0.3) is 112 Å². The second-order valence-corrected chi connectivity index (χ2v) is 23.2. The van der Waals surface area contributed by atoms with Gasteiger partial charge in [-0.25, -0.2) is 19.9 Å². The van der Waals surface area contributed by atoms with Crippen LogP contribution in [0.4, 0.5) is 17.1 Å². The smallest absolute Gasteiger partial charge is 0.249 e. The van der Waals surface area contributed by atoms with Crippen LogP contribution in [0.1, 0.15) is 0 Å². The Morgan fingerprint density at radius 3 is 1.14 bits per heavy atom. The highest BCUT2D eigenvalue weighted by Gasteiger charge is 2.44. The van der Waals surface area contributed by atoms with Crippen LogP contribution in [0.15, 0.2) is 326 Å². The van der Waals surface area contributed by atoms with E-state index in [4.69, 9.17) is 19.9 Å². The van der Waals surface area contributed by atoms with Crippen LogP contribution >= 0.6 is 11.8 Å². The molecule has 2 aliphatic rings. The number of hydrogen-bond acceptors (Lipinski definition) is 6. The molecule has 87 heavy (non-hydrogen) atoms. The van der Waals surface area contributed by atoms with Crippen LogP contribution in [-0.4, -0.2) is 26.6 Å². The Hall–Kier alpha value is -11.0. The minimum atomic E-state index is -0.287. The molecule has 2 aromatic heterocycles. The van der Waals surface area contributed by atoms with E-state index in [0.717, 1.165) is 133 Å². The summed E-state index contributed by atoms with van der Waals surface area (Å²) in [6.07, 6.45) is 3.82. The molecule has 0 saturated heterocycles. The molecule has 5 nitrogen and oxygen atoms in total. The van der Waals surface area contributed by atoms with Gasteiger partial charge in [0.25, 0.3) is 0 Å². The van der Waals surface area contributed by atoms with Gasteiger partial charge in [-0.05, 0) is 144 Å². The van der Waals surface area contributed by atoms with Gasteiger partial charge in [-0.1, -0.05) is 254 Å². The molecule has 0 amide bonds. The second kappa shape index (κ2) is 22.2. The lowest BCUT2D eigenvalue weighted by atomic mass is 9.34. The van der Waals surface area contributed by atoms with Gasteiger partial charge < -0.3 is 4.90 Å². The van der Waals surface area contributed by atoms with Gasteiger partial charge in [-0.3, -0.25) is 0 Å². The van der Waals surface area contributed by atoms with Crippen molar-refractivity contribution in [3.63, 3.8) is 0 Å². The van der Waals surface area contributed by atoms with Gasteiger partial charge in [0.15, 0.2) is 11.6 Å². The molecule has 0 unspecified atom stereocenters. The fraction of sp³-hybridized carbons (Fsp3) is 0. The van der Waals surface area contributed by atoms with Crippen molar-refractivity contribution in [3.05, 3.63) is 316 Å². The zero-order valence-corrected chi connectivity index (χ0v) is 48.1. The van der Waals surface area contributed by atoms with Gasteiger partial charge in [-0.15, -0.1) is 0 Å². The minimum absolute atomic E-state index is 0.287. The predicted octanol–water partition coefficient (Wildman–Crippen LogP) is 18.7. The van der Waals surface area contributed by atoms with Crippen molar-refractivity contribution in [2.75, 3.05) is 4.90 Å². The summed E-state index contributed by atoms with van der Waals surface area (Å²) in [6.45, 7) is -0.287. The third kappa shape index (κ3) is 9.70. The van der Waals surface area contributed by atoms with E-state index in [1.807, 2.05) is 48.4 Å². The quantitative estimate of drug-likeness (QED) is 0.120. The molecule has 406 valence electrons. The number of rotatable bonds is 11. The molecule has 0 saturated carbocycles. The molecule has 0 aliphatic carbocycles. The molecule has 0 fully saturated rings. The number of aromatic nitrogens is 4. The predicted molar refractivity (Wildman–Crippen MR) is 362 cm³/mol. The summed E-state index contributed by atoms with van der Waals surface area (Å²) in [5.74, 6) is 1.30. The van der Waals surface area contributed by atoms with Gasteiger partial charge in [0.05, 0.1) is 17.1 Å². The lowest BCUT2D eigenvalue weighted by Gasteiger charge is -2.42. The number of benzene rings is 12. The lowest BCUT2D eigenvalue weighted by Crippen LogP contribution is -2.60. The second-order valence-electron chi connectivity index (χ2n) is 22.1. The maximum atomic E-state index is 5.55. The topological polar surface area (TPSA) is 54.8 Å². The largest absolute Gasteiger partial charge is 0.311 e. The van der Waals surface area contributed by atoms with Crippen molar-refractivity contribution in [3.8, 4) is 112 Å². The van der Waals surface area contributed by atoms with E-state index in [1.165, 1.54) is 10.9 Å². The van der Waals surface area contributed by atoms with Crippen molar-refractivity contribution in [1.82, 2.24) is 19.9 Å². The fourth-order valence-electron chi connectivity index (χ4n) is 12.7. The van der Waals surface area contributed by atoms with E-state index >= 15 is 0 Å². The normalized spacial score (nSPS) is 12.0. The van der Waals surface area contributed by atoms with E-state index in [9.17, 15) is 0 Å². The van der Waals surface area contributed by atoms with E-state index in [1.54, 1.807) is 0 Å². The molecule has 14 aromatic rings. The molecule has 0 N–H and O–H groups in total. The summed E-state index contributed by atoms with van der Waals surface area (Å²) >= 11 is 1.83. The molecule has 0 atom stereocenters. The lowest BCUT2D eigenvalue weighted by molar-refractivity contribution is 1.16. The SMILES string of the molecule is c1ccc(-c2ccc(N3c4cc(-c5cc(-c6ccccc6)cc(-c6ccccc6)c5)cc5c4B(c4cc(-c6ccccc6)cc(-c6nccc(-c7ccccc7)n6)c4S5)c4cc(-c5ccccc5)cc(-c5nccc(-c6ccccc6)n5)c43)cc2)cc1. The van der Waals surface area contributed by atoms with Crippen LogP contribution in [0.3, 0.4) is 0 Å². The zero-order chi connectivity index (χ0) is 57.6. The first-order chi connectivity index (χ1) is 43.1. The highest BCUT2D eigenvalue weighted by molar-refractivity contribution is 8.00. The van der Waals surface area contributed by atoms with Crippen LogP contribution < -0.4 is 21.3 Å². The zero-order valence-electron chi connectivity index (χ0n) is 47.2. The van der Waals surface area contributed by atoms with Crippen molar-refractivity contribution < 1.29 is 0 Å². The number of hydrogen-bond donors (Lipinski definition) is 0. The number of fused-ring (bicyclic) bond motifs is 4. The Kier molecular flexibility index (Phi) is 13.2. The molecule has 12 aromatic carbocycles. The Morgan fingerprint density at radius 2 is 0.667 bits per heavy atom. The molecule has 2 aliphatic heterocycles. The highest BCUT2D eigenvalue weighted by Crippen LogP contribution is 2.50. The molecular weight excluding hydrogens is 1070 g/mol. The van der Waals surface area contributed by atoms with Crippen molar-refractivity contribution >= 4 is 51.9 Å². The third-order valence-electron chi connectivity index (χ3n) is 16.8. The summed E-state index contributed by atoms with van der Waals surface area (Å²) in [6, 6.07) is 109. The maximum absolute atomic E-state index is 5.55. The first-order valence-corrected chi connectivity index (χ1v) is 30.3. The molecule has 4 heterocycles. The van der Waals surface area contributed by atoms with E-state index in [2.05, 4.69) is 284 Å². The van der Waals surface area contributed by atoms with Gasteiger partial charge in [-0.2, -0.15) is 0 Å². The van der Waals surface area contributed by atoms with Gasteiger partial charge in [0.1, 0.15) is 0 Å². The summed E-state index contributed by atoms with van der Waals surface area (Å²) in [5.41, 5.74) is 25.8. The molecule has 0 radical (unpaired) electrons. The van der Waals surface area contributed by atoms with E-state index < -0.39 is 0 Å². The van der Waals surface area contributed by atoms with Crippen LogP contribution in [0, 0.1) is 0 Å². The van der Waals surface area contributed by atoms with Crippen molar-refractivity contribution in [2.24, 2.45) is 0 Å². The summed E-state index contributed by atoms with van der Waals surface area (Å²) < 4.78 is 0. The Balaban J connectivity index is 1.03. The molecule has 7 heteroatoms. The standard InChI is InChI=1S/C80H52BN5S/c1-8-22-53(23-9-1)58-36-38-67(39-37-58)86-74-51-66(63-45-61(54-24-10-2-11-25-54)44-62(46-63)55-26-12-3-13-27-55)52-75-76(74)81(70-49-64(56-28-14-4-15-29-56)47-68(77(70)86)79-82-42-40-72(84-79)59-32-18-6-19-33-59)71-50-65(57-30-16-5-17-31-57)48-69(78(71)87-75)80-83-43-41-73(85-80)60-34-20-7-21-35-60/h1-52H. The molecule has 0 spiro atoms. The number of nitrogens with zero attached hydrogens (tertiary/aromatic N) is 5. The average molecular weight is 1130 g/mol. The van der Waals surface area contributed by atoms with Crippen LogP contribution in [-0.2, 0) is 0 Å². The first-order valence-electron chi connectivity index (χ1n) is 29.4. The van der Waals surface area contributed by atoms with Crippen LogP contribution in [0.5, 0.6) is 0 Å². The van der Waals surface area contributed by atoms with E-state index in [-0.39, 0.29) is 6.71 Å². The minimum Gasteiger partial charge on any atom is -0.311 e. The summed E-state index contributed by atoms with van der Waals surface area (Å²) in [7, 11) is 0. The third-order valence-corrected chi connectivity index (χ3v) is 18.0. The van der Waals surface area contributed by atoms with Crippen molar-refractivity contribution in [1.29, 1.82) is 0 Å². The van der Waals surface area contributed by atoms with Gasteiger partial charge in [0, 0.05) is 55.8 Å². The van der Waals surface area contributed by atoms with Gasteiger partial charge in [0.2, 0.25) is 6.71 Å². The molecular formula is C80H52BN5S. The van der Waals surface area contributed by atoms with E-state index in [0.29, 0.717) is 11.6 Å². The maximum Gasteiger partial charge on any atom is 0.249 e. The Bertz CT molecular complexity index is 4800. The monoisotopic (exact) mass is 1130 g/mol. The molecule has 0 bridgehead atoms. The summed E-state index contributed by atoms with van der Waals surface area (Å²) in [5, 5.41) is 0. The van der Waals surface area contributed by atoms with Crippen LogP contribution in [0.2, 0.25) is 0 Å². The summed E-state index contributed by atoms with van der Waals surface area (Å²) in [4.78, 5) is 26.2. The van der Waals surface area contributed by atoms with Gasteiger partial charge >= 0.3 is 0 Å². The first kappa shape index (κ1) is 51.6. The highest BCUT2D eigenvalue weighted by atomic mass is 32.2.